The van der Waals surface area contributed by atoms with Gasteiger partial charge in [0.1, 0.15) is 5.65 Å². The van der Waals surface area contributed by atoms with Crippen LogP contribution in [0.4, 0.5) is 0 Å². The normalized spacial score (nSPS) is 14.5. The number of benzene rings is 6. The highest BCUT2D eigenvalue weighted by molar-refractivity contribution is 6.08. The van der Waals surface area contributed by atoms with Gasteiger partial charge in [-0.15, -0.1) is 0 Å². The number of hydrogen-bond acceptors (Lipinski definition) is 4. The first-order valence-electron chi connectivity index (χ1n) is 19.0. The van der Waals surface area contributed by atoms with E-state index >= 15 is 0 Å². The van der Waals surface area contributed by atoms with Crippen LogP contribution in [-0.4, -0.2) is 24.5 Å². The molecule has 0 N–H and O–H groups in total. The second-order valence-electron chi connectivity index (χ2n) is 15.9. The highest BCUT2D eigenvalue weighted by Gasteiger charge is 2.40. The summed E-state index contributed by atoms with van der Waals surface area (Å²) in [5, 5.41) is 2.35. The third kappa shape index (κ3) is 4.47. The van der Waals surface area contributed by atoms with Crippen molar-refractivity contribution in [2.24, 2.45) is 0 Å². The lowest BCUT2D eigenvalue weighted by molar-refractivity contribution is 0.660. The molecule has 2 aliphatic rings. The Bertz CT molecular complexity index is 2990. The number of fused-ring (bicyclic) bond motifs is 9. The lowest BCUT2D eigenvalue weighted by atomic mass is 9.79. The van der Waals surface area contributed by atoms with Gasteiger partial charge in [0.15, 0.2) is 17.5 Å². The van der Waals surface area contributed by atoms with Gasteiger partial charge in [-0.1, -0.05) is 143 Å². The number of rotatable bonds is 4. The third-order valence-corrected chi connectivity index (χ3v) is 12.1. The minimum Gasteiger partial charge on any atom is -0.294 e. The van der Waals surface area contributed by atoms with Crippen molar-refractivity contribution >= 4 is 21.9 Å². The van der Waals surface area contributed by atoms with E-state index in [9.17, 15) is 0 Å². The van der Waals surface area contributed by atoms with E-state index in [1.165, 1.54) is 49.9 Å². The van der Waals surface area contributed by atoms with Crippen molar-refractivity contribution in [2.45, 2.75) is 38.5 Å². The van der Waals surface area contributed by atoms with Crippen LogP contribution >= 0.6 is 0 Å². The monoisotopic (exact) mass is 707 g/mol. The van der Waals surface area contributed by atoms with Gasteiger partial charge in [-0.25, -0.2) is 19.9 Å². The van der Waals surface area contributed by atoms with Gasteiger partial charge in [-0.3, -0.25) is 4.57 Å². The van der Waals surface area contributed by atoms with Crippen molar-refractivity contribution in [3.63, 3.8) is 0 Å². The van der Waals surface area contributed by atoms with Gasteiger partial charge in [0.05, 0.1) is 5.52 Å². The van der Waals surface area contributed by atoms with Gasteiger partial charge in [0.25, 0.3) is 0 Å². The van der Waals surface area contributed by atoms with Crippen molar-refractivity contribution in [3.05, 3.63) is 174 Å². The average molecular weight is 708 g/mol. The van der Waals surface area contributed by atoms with E-state index in [4.69, 9.17) is 19.9 Å². The van der Waals surface area contributed by atoms with Crippen LogP contribution in [-0.2, 0) is 10.8 Å². The zero-order valence-corrected chi connectivity index (χ0v) is 31.2. The first-order valence-corrected chi connectivity index (χ1v) is 19.0. The fourth-order valence-electron chi connectivity index (χ4n) is 9.62. The molecule has 262 valence electrons. The summed E-state index contributed by atoms with van der Waals surface area (Å²) in [5.74, 6) is 2.03. The highest BCUT2D eigenvalue weighted by atomic mass is 15.0. The van der Waals surface area contributed by atoms with E-state index in [0.29, 0.717) is 17.5 Å². The van der Waals surface area contributed by atoms with E-state index < -0.39 is 0 Å². The molecule has 55 heavy (non-hydrogen) atoms. The molecule has 11 rings (SSSR count). The van der Waals surface area contributed by atoms with Crippen molar-refractivity contribution in [1.29, 1.82) is 0 Å². The fourth-order valence-corrected chi connectivity index (χ4v) is 9.62. The molecule has 0 spiro atoms. The molecule has 0 fully saturated rings. The Balaban J connectivity index is 1.11. The minimum atomic E-state index is -0.346. The van der Waals surface area contributed by atoms with Gasteiger partial charge in [0.2, 0.25) is 0 Å². The molecule has 0 atom stereocenters. The van der Waals surface area contributed by atoms with Gasteiger partial charge in [-0.05, 0) is 74.8 Å². The molecule has 3 heterocycles. The number of aromatic nitrogens is 5. The molecule has 2 aliphatic carbocycles. The smallest absolute Gasteiger partial charge is 0.164 e. The van der Waals surface area contributed by atoms with Crippen LogP contribution in [0.1, 0.15) is 49.9 Å². The Labute approximate surface area is 320 Å². The summed E-state index contributed by atoms with van der Waals surface area (Å²) in [7, 11) is 0. The summed E-state index contributed by atoms with van der Waals surface area (Å²) in [6.45, 7) is 9.29. The lowest BCUT2D eigenvalue weighted by Crippen LogP contribution is -2.18. The number of hydrogen-bond donors (Lipinski definition) is 0. The maximum absolute atomic E-state index is 5.40. The maximum atomic E-state index is 5.40. The maximum Gasteiger partial charge on any atom is 0.164 e. The Hall–Kier alpha value is -6.72. The predicted octanol–water partition coefficient (Wildman–Crippen LogP) is 12.0. The average Bonchev–Trinajstić information content (AvgIpc) is 3.78. The lowest BCUT2D eigenvalue weighted by Gasteiger charge is -2.25. The summed E-state index contributed by atoms with van der Waals surface area (Å²) in [4.78, 5) is 20.8. The third-order valence-electron chi connectivity index (χ3n) is 12.1. The quantitative estimate of drug-likeness (QED) is 0.183. The van der Waals surface area contributed by atoms with Crippen molar-refractivity contribution in [1.82, 2.24) is 24.5 Å². The van der Waals surface area contributed by atoms with Crippen LogP contribution in [0.15, 0.2) is 152 Å². The van der Waals surface area contributed by atoms with E-state index in [0.717, 1.165) is 38.9 Å². The van der Waals surface area contributed by atoms with E-state index in [1.54, 1.807) is 0 Å². The molecule has 0 bridgehead atoms. The van der Waals surface area contributed by atoms with Gasteiger partial charge >= 0.3 is 0 Å². The molecule has 6 aromatic carbocycles. The molecule has 9 aromatic rings. The standard InChI is InChI=1S/C50H37N5/c1-49(2)40-24-10-8-17-32(40)35-19-12-21-38(43(35)49)46-52-45(30-15-6-5-7-16-30)53-47(54-46)39-22-13-20-36-33-27-26-31(29-41(33)50(3,4)44(36)39)55-42-25-11-9-18-34(42)37-23-14-28-51-48(37)55/h5-29H,1-4H3. The number of pyridine rings is 1. The van der Waals surface area contributed by atoms with Gasteiger partial charge in [-0.2, -0.15) is 0 Å². The number of nitrogens with zero attached hydrogens (tertiary/aromatic N) is 5. The molecule has 5 nitrogen and oxygen atoms in total. The Morgan fingerprint density at radius 3 is 1.75 bits per heavy atom. The first kappa shape index (κ1) is 31.8. The van der Waals surface area contributed by atoms with Crippen LogP contribution in [0.2, 0.25) is 0 Å². The van der Waals surface area contributed by atoms with Gasteiger partial charge < -0.3 is 0 Å². The molecule has 5 heteroatoms. The Kier molecular flexibility index (Phi) is 6.58. The molecule has 0 saturated carbocycles. The molecular weight excluding hydrogens is 671 g/mol. The summed E-state index contributed by atoms with van der Waals surface area (Å²) in [6, 6.07) is 51.8. The van der Waals surface area contributed by atoms with E-state index in [2.05, 4.69) is 154 Å². The summed E-state index contributed by atoms with van der Waals surface area (Å²) >= 11 is 0. The summed E-state index contributed by atoms with van der Waals surface area (Å²) < 4.78 is 2.30. The zero-order chi connectivity index (χ0) is 37.1. The second-order valence-corrected chi connectivity index (χ2v) is 15.9. The largest absolute Gasteiger partial charge is 0.294 e. The topological polar surface area (TPSA) is 56.5 Å². The van der Waals surface area contributed by atoms with Crippen LogP contribution in [0.3, 0.4) is 0 Å². The van der Waals surface area contributed by atoms with Crippen LogP contribution in [0.25, 0.3) is 84.0 Å². The van der Waals surface area contributed by atoms with E-state index in [-0.39, 0.29) is 10.8 Å². The molecule has 0 amide bonds. The summed E-state index contributed by atoms with van der Waals surface area (Å²) in [5.41, 5.74) is 15.7. The van der Waals surface area contributed by atoms with Gasteiger partial charge in [0, 0.05) is 50.2 Å². The molecular formula is C50H37N5. The van der Waals surface area contributed by atoms with Crippen molar-refractivity contribution < 1.29 is 0 Å². The van der Waals surface area contributed by atoms with Crippen LogP contribution in [0, 0.1) is 0 Å². The highest BCUT2D eigenvalue weighted by Crippen LogP contribution is 2.54. The molecule has 0 radical (unpaired) electrons. The van der Waals surface area contributed by atoms with Crippen molar-refractivity contribution in [2.75, 3.05) is 0 Å². The van der Waals surface area contributed by atoms with Crippen LogP contribution in [0.5, 0.6) is 0 Å². The van der Waals surface area contributed by atoms with Crippen molar-refractivity contribution in [3.8, 4) is 62.1 Å². The number of para-hydroxylation sites is 1. The molecule has 3 aromatic heterocycles. The minimum absolute atomic E-state index is 0.219. The van der Waals surface area contributed by atoms with Crippen LogP contribution < -0.4 is 0 Å². The predicted molar refractivity (Wildman–Crippen MR) is 223 cm³/mol. The summed E-state index contributed by atoms with van der Waals surface area (Å²) in [6.07, 6.45) is 1.88. The zero-order valence-electron chi connectivity index (χ0n) is 31.2. The molecule has 0 unspecified atom stereocenters. The Morgan fingerprint density at radius 1 is 0.436 bits per heavy atom. The van der Waals surface area contributed by atoms with E-state index in [1.807, 2.05) is 30.5 Å². The first-order chi connectivity index (χ1) is 26.8. The molecule has 0 aliphatic heterocycles. The fraction of sp³-hybridized carbons (Fsp3) is 0.120. The SMILES string of the molecule is CC1(C)c2ccccc2-c2cccc(-c3nc(-c4ccccc4)nc(-c4cccc5c4C(C)(C)c4cc(-n6c7ccccc7c7cccnc76)ccc4-5)n3)c21. The Morgan fingerprint density at radius 2 is 1.00 bits per heavy atom. The molecule has 0 saturated heterocycles. The second kappa shape index (κ2) is 11.4.